The Morgan fingerprint density at radius 2 is 0.912 bits per heavy atom. The third-order valence-electron chi connectivity index (χ3n) is 5.61. The topological polar surface area (TPSA) is 53.5 Å². The number of para-hydroxylation sites is 2. The summed E-state index contributed by atoms with van der Waals surface area (Å²) in [6.45, 7) is 0. The number of fused-ring (bicyclic) bond motifs is 3. The van der Waals surface area contributed by atoms with E-state index >= 15 is 0 Å². The Morgan fingerprint density at radius 1 is 0.441 bits per heavy atom. The molecule has 0 amide bonds. The van der Waals surface area contributed by atoms with Crippen LogP contribution in [0.3, 0.4) is 0 Å². The standard InChI is InChI=1S/C10H8O.2C9H7NO.Al/c11-10-7-3-5-8-4-1-2-6-9(8)10;2*11-8-5-1-3-7-4-2-6-10-9(7)8;/h1-7,11H;2*1-6,11H;/q;;;+3/p-3. The van der Waals surface area contributed by atoms with Crippen molar-refractivity contribution >= 4 is 47.7 Å². The number of rotatable bonds is 6. The van der Waals surface area contributed by atoms with Crippen LogP contribution >= 0.6 is 0 Å². The van der Waals surface area contributed by atoms with E-state index in [9.17, 15) is 0 Å². The maximum atomic E-state index is 6.47. The second kappa shape index (κ2) is 9.03. The molecule has 2 heterocycles. The van der Waals surface area contributed by atoms with E-state index in [-0.39, 0.29) is 0 Å². The van der Waals surface area contributed by atoms with E-state index < -0.39 is 15.1 Å². The first-order valence-electron chi connectivity index (χ1n) is 11.0. The van der Waals surface area contributed by atoms with E-state index in [1.165, 1.54) is 0 Å². The van der Waals surface area contributed by atoms with E-state index in [1.54, 1.807) is 12.4 Å². The molecule has 6 heteroatoms. The minimum atomic E-state index is -2.82. The van der Waals surface area contributed by atoms with E-state index in [1.807, 2.05) is 91.0 Å². The van der Waals surface area contributed by atoms with Gasteiger partial charge in [0.15, 0.2) is 0 Å². The second-order valence-corrected chi connectivity index (χ2v) is 9.07. The van der Waals surface area contributed by atoms with Crippen LogP contribution in [0.2, 0.25) is 0 Å². The fourth-order valence-corrected chi connectivity index (χ4v) is 5.38. The SMILES string of the molecule is c1ccc2c([O][Al]([O]c3cccc4cccnc34)[O]c3cccc4cccnc34)cccc2c1. The van der Waals surface area contributed by atoms with E-state index in [4.69, 9.17) is 11.4 Å². The van der Waals surface area contributed by atoms with Crippen molar-refractivity contribution in [1.29, 1.82) is 0 Å². The molecule has 0 radical (unpaired) electrons. The molecule has 0 aliphatic rings. The molecule has 0 atom stereocenters. The molecule has 6 rings (SSSR count). The van der Waals surface area contributed by atoms with Gasteiger partial charge in [-0.05, 0) is 35.7 Å². The Labute approximate surface area is 201 Å². The lowest BCUT2D eigenvalue weighted by Gasteiger charge is -2.19. The lowest BCUT2D eigenvalue weighted by molar-refractivity contribution is 0.311. The maximum Gasteiger partial charge on any atom is 1.20 e. The van der Waals surface area contributed by atoms with Crippen LogP contribution in [-0.4, -0.2) is 25.1 Å². The summed E-state index contributed by atoms with van der Waals surface area (Å²) < 4.78 is 19.3. The Kier molecular flexibility index (Phi) is 5.44. The van der Waals surface area contributed by atoms with Crippen molar-refractivity contribution in [1.82, 2.24) is 9.97 Å². The molecule has 0 spiro atoms. The fourth-order valence-electron chi connectivity index (χ4n) is 4.02. The molecule has 162 valence electrons. The Morgan fingerprint density at radius 3 is 1.56 bits per heavy atom. The van der Waals surface area contributed by atoms with E-state index in [0.29, 0.717) is 11.5 Å². The van der Waals surface area contributed by atoms with Gasteiger partial charge in [-0.2, -0.15) is 0 Å². The zero-order chi connectivity index (χ0) is 22.7. The summed E-state index contributed by atoms with van der Waals surface area (Å²) in [5.41, 5.74) is 1.53. The quantitative estimate of drug-likeness (QED) is 0.268. The predicted octanol–water partition coefficient (Wildman–Crippen LogP) is 6.46. The molecule has 0 saturated carbocycles. The summed E-state index contributed by atoms with van der Waals surface area (Å²) in [6, 6.07) is 33.6. The zero-order valence-corrected chi connectivity index (χ0v) is 19.3. The van der Waals surface area contributed by atoms with E-state index in [2.05, 4.69) is 22.1 Å². The van der Waals surface area contributed by atoms with Crippen molar-refractivity contribution in [2.45, 2.75) is 0 Å². The first kappa shape index (κ1) is 20.5. The molecule has 34 heavy (non-hydrogen) atoms. The molecule has 0 aliphatic heterocycles. The van der Waals surface area contributed by atoms with Crippen LogP contribution in [0.5, 0.6) is 17.2 Å². The Bertz CT molecular complexity index is 1410. The fraction of sp³-hybridized carbons (Fsp3) is 0. The van der Waals surface area contributed by atoms with Gasteiger partial charge in [0.25, 0.3) is 0 Å². The summed E-state index contributed by atoms with van der Waals surface area (Å²) in [4.78, 5) is 9.04. The minimum absolute atomic E-state index is 0.628. The van der Waals surface area contributed by atoms with Crippen LogP contribution in [0.15, 0.2) is 116 Å². The van der Waals surface area contributed by atoms with Gasteiger partial charge in [0, 0.05) is 28.6 Å². The van der Waals surface area contributed by atoms with Crippen LogP contribution in [0, 0.1) is 0 Å². The molecule has 0 fully saturated rings. The van der Waals surface area contributed by atoms with E-state index in [0.717, 1.165) is 38.3 Å². The highest BCUT2D eigenvalue weighted by molar-refractivity contribution is 6.40. The van der Waals surface area contributed by atoms with Crippen LogP contribution < -0.4 is 11.4 Å². The highest BCUT2D eigenvalue weighted by Gasteiger charge is 2.45. The first-order valence-corrected chi connectivity index (χ1v) is 12.4. The van der Waals surface area contributed by atoms with Crippen molar-refractivity contribution in [3.63, 3.8) is 0 Å². The average molecular weight is 458 g/mol. The van der Waals surface area contributed by atoms with Gasteiger partial charge < -0.3 is 11.4 Å². The predicted molar refractivity (Wildman–Crippen MR) is 135 cm³/mol. The molecule has 6 aromatic rings. The number of hydrogen-bond acceptors (Lipinski definition) is 5. The lowest BCUT2D eigenvalue weighted by atomic mass is 10.1. The lowest BCUT2D eigenvalue weighted by Crippen LogP contribution is -2.37. The zero-order valence-electron chi connectivity index (χ0n) is 18.2. The molecule has 5 nitrogen and oxygen atoms in total. The smallest absolute Gasteiger partial charge is 0.577 e. The van der Waals surface area contributed by atoms with Gasteiger partial charge in [-0.1, -0.05) is 72.8 Å². The molecule has 0 unspecified atom stereocenters. The monoisotopic (exact) mass is 458 g/mol. The van der Waals surface area contributed by atoms with Crippen molar-refractivity contribution in [2.75, 3.05) is 0 Å². The van der Waals surface area contributed by atoms with Gasteiger partial charge in [0.1, 0.15) is 22.5 Å². The summed E-state index contributed by atoms with van der Waals surface area (Å²) in [5, 5.41) is 4.07. The molecule has 0 saturated heterocycles. The van der Waals surface area contributed by atoms with Crippen LogP contribution in [0.1, 0.15) is 0 Å². The molecule has 4 aromatic carbocycles. The van der Waals surface area contributed by atoms with Crippen molar-refractivity contribution in [3.05, 3.63) is 116 Å². The summed E-state index contributed by atoms with van der Waals surface area (Å²) in [6.07, 6.45) is 3.51. The van der Waals surface area contributed by atoms with Gasteiger partial charge in [0.05, 0.1) is 5.75 Å². The van der Waals surface area contributed by atoms with Crippen molar-refractivity contribution in [3.8, 4) is 17.2 Å². The number of hydrogen-bond donors (Lipinski definition) is 0. The molecule has 0 N–H and O–H groups in total. The van der Waals surface area contributed by atoms with Gasteiger partial charge in [-0.15, -0.1) is 0 Å². The molecule has 0 aliphatic carbocycles. The summed E-state index contributed by atoms with van der Waals surface area (Å²) in [5.74, 6) is 1.97. The minimum Gasteiger partial charge on any atom is -0.577 e. The number of benzene rings is 4. The molecule has 0 bridgehead atoms. The Hall–Kier alpha value is -4.11. The third-order valence-corrected chi connectivity index (χ3v) is 6.95. The van der Waals surface area contributed by atoms with Crippen LogP contribution in [0.4, 0.5) is 0 Å². The molecular formula is C28H19AlN2O3. The summed E-state index contributed by atoms with van der Waals surface area (Å²) >= 11 is -2.82. The van der Waals surface area contributed by atoms with Crippen LogP contribution in [-0.2, 0) is 0 Å². The Balaban J connectivity index is 1.42. The average Bonchev–Trinajstić information content (AvgIpc) is 2.89. The van der Waals surface area contributed by atoms with Crippen LogP contribution in [0.25, 0.3) is 32.6 Å². The summed E-state index contributed by atoms with van der Waals surface area (Å²) in [7, 11) is 0. The normalized spacial score (nSPS) is 10.9. The highest BCUT2D eigenvalue weighted by atomic mass is 27.3. The first-order chi connectivity index (χ1) is 16.8. The van der Waals surface area contributed by atoms with Gasteiger partial charge in [-0.3, -0.25) is 9.97 Å². The van der Waals surface area contributed by atoms with Crippen molar-refractivity contribution < 1.29 is 11.4 Å². The highest BCUT2D eigenvalue weighted by Crippen LogP contribution is 2.30. The number of nitrogens with zero attached hydrogens (tertiary/aromatic N) is 2. The number of pyridine rings is 2. The van der Waals surface area contributed by atoms with Gasteiger partial charge >= 0.3 is 15.1 Å². The maximum absolute atomic E-state index is 6.47. The van der Waals surface area contributed by atoms with Crippen molar-refractivity contribution in [2.24, 2.45) is 0 Å². The third kappa shape index (κ3) is 4.01. The largest absolute Gasteiger partial charge is 1.20 e. The second-order valence-electron chi connectivity index (χ2n) is 7.78. The van der Waals surface area contributed by atoms with Gasteiger partial charge in [0.2, 0.25) is 0 Å². The number of aromatic nitrogens is 2. The van der Waals surface area contributed by atoms with Gasteiger partial charge in [-0.25, -0.2) is 0 Å². The molecular weight excluding hydrogens is 439 g/mol. The molecule has 2 aromatic heterocycles.